The summed E-state index contributed by atoms with van der Waals surface area (Å²) in [4.78, 5) is 27.5. The first kappa shape index (κ1) is 20.4. The molecule has 4 aromatic rings. The first-order chi connectivity index (χ1) is 14.9. The number of carbonyl (C=O) groups excluding carboxylic acids is 1. The third kappa shape index (κ3) is 3.82. The zero-order valence-electron chi connectivity index (χ0n) is 17.3. The summed E-state index contributed by atoms with van der Waals surface area (Å²) < 4.78 is 7.55. The highest BCUT2D eigenvalue weighted by Crippen LogP contribution is 2.37. The highest BCUT2D eigenvalue weighted by molar-refractivity contribution is 6.19. The molecular weight excluding hydrogens is 394 g/mol. The topological polar surface area (TPSA) is 107 Å². The molecule has 0 atom stereocenters. The van der Waals surface area contributed by atoms with E-state index in [1.165, 1.54) is 11.8 Å². The number of rotatable bonds is 7. The fourth-order valence-corrected chi connectivity index (χ4v) is 3.86. The van der Waals surface area contributed by atoms with Gasteiger partial charge in [-0.2, -0.15) is 0 Å². The van der Waals surface area contributed by atoms with Crippen LogP contribution < -0.4 is 10.5 Å². The monoisotopic (exact) mass is 417 g/mol. The van der Waals surface area contributed by atoms with Gasteiger partial charge in [0.05, 0.1) is 28.8 Å². The number of primary amides is 1. The third-order valence-corrected chi connectivity index (χ3v) is 5.37. The second kappa shape index (κ2) is 8.10. The molecule has 0 saturated carbocycles. The maximum absolute atomic E-state index is 12.2. The van der Waals surface area contributed by atoms with Gasteiger partial charge in [-0.15, -0.1) is 0 Å². The largest absolute Gasteiger partial charge is 0.480 e. The van der Waals surface area contributed by atoms with E-state index in [1.54, 1.807) is 18.3 Å². The fraction of sp³-hybridized carbons (Fsp3) is 0.208. The van der Waals surface area contributed by atoms with E-state index in [2.05, 4.69) is 43.1 Å². The van der Waals surface area contributed by atoms with Crippen LogP contribution in [0.25, 0.3) is 21.8 Å². The Balaban J connectivity index is 1.94. The molecule has 3 N–H and O–H groups in total. The summed E-state index contributed by atoms with van der Waals surface area (Å²) in [7, 11) is 0. The number of hydrogen-bond donors (Lipinski definition) is 2. The molecule has 31 heavy (non-hydrogen) atoms. The minimum Gasteiger partial charge on any atom is -0.480 e. The van der Waals surface area contributed by atoms with Gasteiger partial charge in [0.15, 0.2) is 6.61 Å². The zero-order chi connectivity index (χ0) is 22.1. The molecule has 0 saturated heterocycles. The molecule has 0 aliphatic rings. The predicted octanol–water partition coefficient (Wildman–Crippen LogP) is 3.92. The van der Waals surface area contributed by atoms with Crippen LogP contribution in [0.5, 0.6) is 5.75 Å². The van der Waals surface area contributed by atoms with E-state index in [4.69, 9.17) is 15.6 Å². The molecule has 0 fully saturated rings. The van der Waals surface area contributed by atoms with Crippen molar-refractivity contribution in [1.82, 2.24) is 9.55 Å². The lowest BCUT2D eigenvalue weighted by Crippen LogP contribution is -2.11. The van der Waals surface area contributed by atoms with Crippen LogP contribution in [0.2, 0.25) is 0 Å². The molecule has 4 rings (SSSR count). The number of nitrogens with two attached hydrogens (primary N) is 1. The van der Waals surface area contributed by atoms with Gasteiger partial charge in [-0.3, -0.25) is 9.78 Å². The standard InChI is InChI=1S/C24H23N3O4/c1-14(2)16-8-6-15(7-9-16)12-27-18-5-3-4-17(24(25)30)22(18)23-19(27)10-26-11-20(23)31-13-21(28)29/h3-11,14H,12-13H2,1-2H3,(H2,25,30)(H,28,29). The van der Waals surface area contributed by atoms with Gasteiger partial charge >= 0.3 is 5.97 Å². The van der Waals surface area contributed by atoms with Gasteiger partial charge < -0.3 is 20.1 Å². The summed E-state index contributed by atoms with van der Waals surface area (Å²) >= 11 is 0. The molecule has 0 aliphatic heterocycles. The Kier molecular flexibility index (Phi) is 5.33. The lowest BCUT2D eigenvalue weighted by molar-refractivity contribution is -0.139. The number of pyridine rings is 1. The molecule has 0 spiro atoms. The van der Waals surface area contributed by atoms with Crippen LogP contribution in [0, 0.1) is 0 Å². The molecule has 2 aromatic carbocycles. The minimum absolute atomic E-state index is 0.299. The highest BCUT2D eigenvalue weighted by Gasteiger charge is 2.20. The summed E-state index contributed by atoms with van der Waals surface area (Å²) in [6.07, 6.45) is 3.15. The molecule has 7 nitrogen and oxygen atoms in total. The molecule has 158 valence electrons. The molecule has 0 unspecified atom stereocenters. The van der Waals surface area contributed by atoms with E-state index in [0.717, 1.165) is 16.6 Å². The quantitative estimate of drug-likeness (QED) is 0.474. The van der Waals surface area contributed by atoms with Crippen LogP contribution in [0.1, 0.15) is 41.3 Å². The molecule has 0 bridgehead atoms. The van der Waals surface area contributed by atoms with Crippen molar-refractivity contribution in [2.45, 2.75) is 26.3 Å². The number of fused-ring (bicyclic) bond motifs is 3. The number of aromatic nitrogens is 2. The molecule has 1 amide bonds. The van der Waals surface area contributed by atoms with Crippen molar-refractivity contribution in [2.24, 2.45) is 5.73 Å². The average molecular weight is 417 g/mol. The highest BCUT2D eigenvalue weighted by atomic mass is 16.5. The lowest BCUT2D eigenvalue weighted by atomic mass is 10.0. The minimum atomic E-state index is -1.10. The normalized spacial score (nSPS) is 11.3. The molecule has 0 radical (unpaired) electrons. The Bertz CT molecular complexity index is 1290. The maximum atomic E-state index is 12.2. The number of aliphatic carboxylic acids is 1. The molecule has 7 heteroatoms. The maximum Gasteiger partial charge on any atom is 0.341 e. The van der Waals surface area contributed by atoms with Crippen LogP contribution in [0.3, 0.4) is 0 Å². The van der Waals surface area contributed by atoms with E-state index < -0.39 is 18.5 Å². The number of nitrogens with zero attached hydrogens (tertiary/aromatic N) is 2. The van der Waals surface area contributed by atoms with Crippen molar-refractivity contribution in [2.75, 3.05) is 6.61 Å². The molecule has 0 aliphatic carbocycles. The van der Waals surface area contributed by atoms with Crippen molar-refractivity contribution < 1.29 is 19.4 Å². The second-order valence-electron chi connectivity index (χ2n) is 7.76. The van der Waals surface area contributed by atoms with E-state index in [0.29, 0.717) is 34.5 Å². The van der Waals surface area contributed by atoms with E-state index >= 15 is 0 Å². The Hall–Kier alpha value is -3.87. The van der Waals surface area contributed by atoms with Crippen LogP contribution >= 0.6 is 0 Å². The van der Waals surface area contributed by atoms with Gasteiger partial charge in [-0.25, -0.2) is 4.79 Å². The van der Waals surface area contributed by atoms with Crippen LogP contribution in [-0.2, 0) is 11.3 Å². The molecule has 2 aromatic heterocycles. The Labute approximate surface area is 179 Å². The number of carboxylic acid groups (broad SMARTS) is 1. The summed E-state index contributed by atoms with van der Waals surface area (Å²) in [5.41, 5.74) is 9.88. The van der Waals surface area contributed by atoms with E-state index in [-0.39, 0.29) is 0 Å². The smallest absolute Gasteiger partial charge is 0.341 e. The van der Waals surface area contributed by atoms with Gasteiger partial charge in [0.25, 0.3) is 0 Å². The third-order valence-electron chi connectivity index (χ3n) is 5.37. The molecule has 2 heterocycles. The summed E-state index contributed by atoms with van der Waals surface area (Å²) in [6, 6.07) is 13.8. The first-order valence-corrected chi connectivity index (χ1v) is 9.99. The van der Waals surface area contributed by atoms with Crippen molar-refractivity contribution in [1.29, 1.82) is 0 Å². The number of amides is 1. The van der Waals surface area contributed by atoms with Crippen molar-refractivity contribution >= 4 is 33.7 Å². The van der Waals surface area contributed by atoms with Gasteiger partial charge in [0, 0.05) is 17.5 Å². The summed E-state index contributed by atoms with van der Waals surface area (Å²) in [6.45, 7) is 4.34. The van der Waals surface area contributed by atoms with Crippen LogP contribution in [0.15, 0.2) is 54.9 Å². The van der Waals surface area contributed by atoms with Crippen molar-refractivity contribution in [3.8, 4) is 5.75 Å². The number of ether oxygens (including phenoxy) is 1. The van der Waals surface area contributed by atoms with Gasteiger partial charge in [-0.05, 0) is 29.2 Å². The average Bonchev–Trinajstić information content (AvgIpc) is 3.07. The number of hydrogen-bond acceptors (Lipinski definition) is 4. The van der Waals surface area contributed by atoms with E-state index in [9.17, 15) is 9.59 Å². The predicted molar refractivity (Wildman–Crippen MR) is 119 cm³/mol. The van der Waals surface area contributed by atoms with Gasteiger partial charge in [0.2, 0.25) is 5.91 Å². The summed E-state index contributed by atoms with van der Waals surface area (Å²) in [5, 5.41) is 10.3. The Morgan fingerprint density at radius 2 is 1.81 bits per heavy atom. The van der Waals surface area contributed by atoms with Gasteiger partial charge in [0.1, 0.15) is 5.75 Å². The summed E-state index contributed by atoms with van der Waals surface area (Å²) in [5.74, 6) is -0.917. The lowest BCUT2D eigenvalue weighted by Gasteiger charge is -2.10. The Morgan fingerprint density at radius 3 is 2.45 bits per heavy atom. The van der Waals surface area contributed by atoms with E-state index in [1.807, 2.05) is 10.6 Å². The van der Waals surface area contributed by atoms with Crippen LogP contribution in [-0.4, -0.2) is 33.1 Å². The SMILES string of the molecule is CC(C)c1ccc(Cn2c3cncc(OCC(=O)O)c3c3c(C(N)=O)cccc32)cc1. The number of carboxylic acids is 1. The van der Waals surface area contributed by atoms with Crippen molar-refractivity contribution in [3.63, 3.8) is 0 Å². The Morgan fingerprint density at radius 1 is 1.06 bits per heavy atom. The van der Waals surface area contributed by atoms with Crippen LogP contribution in [0.4, 0.5) is 0 Å². The first-order valence-electron chi connectivity index (χ1n) is 9.99. The van der Waals surface area contributed by atoms with Crippen molar-refractivity contribution in [3.05, 3.63) is 71.5 Å². The zero-order valence-corrected chi connectivity index (χ0v) is 17.3. The second-order valence-corrected chi connectivity index (χ2v) is 7.76. The number of benzene rings is 2. The van der Waals surface area contributed by atoms with Gasteiger partial charge in [-0.1, -0.05) is 44.2 Å². The fourth-order valence-electron chi connectivity index (χ4n) is 3.86. The number of carbonyl (C=O) groups is 2. The molecular formula is C24H23N3O4.